The summed E-state index contributed by atoms with van der Waals surface area (Å²) in [6.45, 7) is 4.92. The zero-order chi connectivity index (χ0) is 54.3. The molecule has 0 aliphatic heterocycles. The molecule has 1 amide bonds. The molecule has 3 N–H and O–H groups in total. The van der Waals surface area contributed by atoms with E-state index in [-0.39, 0.29) is 18.5 Å². The van der Waals surface area contributed by atoms with Crippen LogP contribution in [0.4, 0.5) is 0 Å². The Morgan fingerprint density at radius 3 is 1.03 bits per heavy atom. The highest BCUT2D eigenvalue weighted by Crippen LogP contribution is 2.18. The monoisotopic (exact) mass is 1050 g/mol. The minimum absolute atomic E-state index is 0.0212. The Morgan fingerprint density at radius 2 is 0.667 bits per heavy atom. The second-order valence-electron chi connectivity index (χ2n) is 23.2. The van der Waals surface area contributed by atoms with Crippen LogP contribution < -0.4 is 5.32 Å². The summed E-state index contributed by atoms with van der Waals surface area (Å²) in [5, 5.41) is 23.4. The van der Waals surface area contributed by atoms with Crippen LogP contribution >= 0.6 is 0 Å². The fraction of sp³-hybridized carbons (Fsp3) is 0.884. The number of carbonyl (C=O) groups excluding carboxylic acids is 2. The van der Waals surface area contributed by atoms with Gasteiger partial charge < -0.3 is 20.3 Å². The largest absolute Gasteiger partial charge is 0.466 e. The van der Waals surface area contributed by atoms with Gasteiger partial charge in [-0.15, -0.1) is 0 Å². The van der Waals surface area contributed by atoms with Crippen LogP contribution in [0.25, 0.3) is 0 Å². The fourth-order valence-corrected chi connectivity index (χ4v) is 10.5. The Morgan fingerprint density at radius 1 is 0.373 bits per heavy atom. The minimum Gasteiger partial charge on any atom is -0.466 e. The first kappa shape index (κ1) is 73.1. The van der Waals surface area contributed by atoms with Crippen LogP contribution in [0.3, 0.4) is 0 Å². The molecule has 0 aromatic rings. The maximum absolute atomic E-state index is 12.5. The van der Waals surface area contributed by atoms with E-state index in [1.807, 2.05) is 0 Å². The van der Waals surface area contributed by atoms with E-state index in [4.69, 9.17) is 4.74 Å². The van der Waals surface area contributed by atoms with Crippen molar-refractivity contribution < 1.29 is 24.5 Å². The first-order valence-corrected chi connectivity index (χ1v) is 33.8. The van der Waals surface area contributed by atoms with Gasteiger partial charge in [-0.25, -0.2) is 0 Å². The molecule has 0 aliphatic rings. The van der Waals surface area contributed by atoms with E-state index < -0.39 is 12.1 Å². The number of carbonyl (C=O) groups is 2. The molecular formula is C69H131NO5. The van der Waals surface area contributed by atoms with Gasteiger partial charge in [0.1, 0.15) is 0 Å². The van der Waals surface area contributed by atoms with Crippen molar-refractivity contribution in [3.05, 3.63) is 36.5 Å². The van der Waals surface area contributed by atoms with E-state index in [1.54, 1.807) is 0 Å². The number of hydrogen-bond acceptors (Lipinski definition) is 5. The molecule has 0 aromatic heterocycles. The van der Waals surface area contributed by atoms with Crippen molar-refractivity contribution in [2.24, 2.45) is 0 Å². The molecule has 0 rings (SSSR count). The maximum atomic E-state index is 12.5. The van der Waals surface area contributed by atoms with E-state index in [1.165, 1.54) is 257 Å². The lowest BCUT2D eigenvalue weighted by molar-refractivity contribution is -0.143. The van der Waals surface area contributed by atoms with Crippen LogP contribution in [0.5, 0.6) is 0 Å². The zero-order valence-electron chi connectivity index (χ0n) is 50.5. The van der Waals surface area contributed by atoms with Gasteiger partial charge >= 0.3 is 5.97 Å². The van der Waals surface area contributed by atoms with Crippen LogP contribution in [-0.2, 0) is 14.3 Å². The standard InChI is InChI=1S/C69H131NO5/c1-3-5-7-9-11-13-15-17-19-21-23-24-25-26-27-29-30-33-37-41-45-49-53-57-61-67(72)66(65-71)70-68(73)62-58-54-50-46-42-38-34-32-36-40-44-48-52-56-60-64-75-69(74)63-59-55-51-47-43-39-35-31-28-22-20-18-16-14-12-10-8-6-4-2/h18,20,32,36,40,44,66-67,71-72H,3-17,19,21-31,33-35,37-39,41-43,45-65H2,1-2H3,(H,70,73)/b20-18-,36-32-,44-40-. The van der Waals surface area contributed by atoms with Gasteiger partial charge in [0.25, 0.3) is 0 Å². The van der Waals surface area contributed by atoms with Crippen LogP contribution in [-0.4, -0.2) is 47.4 Å². The highest BCUT2D eigenvalue weighted by Gasteiger charge is 2.20. The summed E-state index contributed by atoms with van der Waals surface area (Å²) in [4.78, 5) is 24.6. The van der Waals surface area contributed by atoms with Gasteiger partial charge in [0, 0.05) is 12.8 Å². The number of hydrogen-bond donors (Lipinski definition) is 3. The Bertz CT molecular complexity index is 1210. The van der Waals surface area contributed by atoms with E-state index in [0.717, 1.165) is 77.0 Å². The normalized spacial score (nSPS) is 12.7. The first-order valence-electron chi connectivity index (χ1n) is 33.8. The molecule has 442 valence electrons. The molecule has 0 radical (unpaired) electrons. The highest BCUT2D eigenvalue weighted by atomic mass is 16.5. The highest BCUT2D eigenvalue weighted by molar-refractivity contribution is 5.76. The lowest BCUT2D eigenvalue weighted by atomic mass is 10.0. The van der Waals surface area contributed by atoms with Crippen molar-refractivity contribution in [1.82, 2.24) is 5.32 Å². The smallest absolute Gasteiger partial charge is 0.305 e. The van der Waals surface area contributed by atoms with Crippen molar-refractivity contribution in [3.63, 3.8) is 0 Å². The number of aliphatic hydroxyl groups excluding tert-OH is 2. The topological polar surface area (TPSA) is 95.9 Å². The van der Waals surface area contributed by atoms with E-state index in [0.29, 0.717) is 25.9 Å². The third-order valence-electron chi connectivity index (χ3n) is 15.7. The maximum Gasteiger partial charge on any atom is 0.305 e. The summed E-state index contributed by atoms with van der Waals surface area (Å²) in [6, 6.07) is -0.560. The Balaban J connectivity index is 3.48. The summed E-state index contributed by atoms with van der Waals surface area (Å²) >= 11 is 0. The summed E-state index contributed by atoms with van der Waals surface area (Å²) in [7, 11) is 0. The van der Waals surface area contributed by atoms with Gasteiger partial charge in [-0.05, 0) is 83.5 Å². The SMILES string of the molecule is CCCCCCCC/C=C\CCCCCCCCCCCC(=O)OCCCCC/C=C\C=C/CCCCCCCCC(=O)NC(CO)C(O)CCCCCCCCCCCCCCCCCCCCCCCCCC. The van der Waals surface area contributed by atoms with Gasteiger partial charge in [-0.3, -0.25) is 9.59 Å². The molecule has 0 heterocycles. The lowest BCUT2D eigenvalue weighted by Crippen LogP contribution is -2.45. The van der Waals surface area contributed by atoms with Crippen LogP contribution in [0.15, 0.2) is 36.5 Å². The average molecular weight is 1050 g/mol. The number of aliphatic hydroxyl groups is 2. The first-order chi connectivity index (χ1) is 37.0. The number of nitrogens with one attached hydrogen (secondary N) is 1. The summed E-state index contributed by atoms with van der Waals surface area (Å²) in [5.41, 5.74) is 0. The Hall–Kier alpha value is -1.92. The summed E-state index contributed by atoms with van der Waals surface area (Å²) in [5.74, 6) is -0.0751. The summed E-state index contributed by atoms with van der Waals surface area (Å²) < 4.78 is 5.47. The predicted molar refractivity (Wildman–Crippen MR) is 329 cm³/mol. The lowest BCUT2D eigenvalue weighted by Gasteiger charge is -2.22. The van der Waals surface area contributed by atoms with Crippen molar-refractivity contribution in [2.45, 2.75) is 379 Å². The third kappa shape index (κ3) is 61.2. The van der Waals surface area contributed by atoms with Crippen LogP contribution in [0.2, 0.25) is 0 Å². The van der Waals surface area contributed by atoms with Gasteiger partial charge in [0.05, 0.1) is 25.4 Å². The van der Waals surface area contributed by atoms with Crippen molar-refractivity contribution in [3.8, 4) is 0 Å². The number of unbranched alkanes of at least 4 members (excludes halogenated alkanes) is 47. The van der Waals surface area contributed by atoms with Crippen molar-refractivity contribution in [2.75, 3.05) is 13.2 Å². The third-order valence-corrected chi connectivity index (χ3v) is 15.7. The van der Waals surface area contributed by atoms with Gasteiger partial charge in [-0.2, -0.15) is 0 Å². The van der Waals surface area contributed by atoms with Crippen molar-refractivity contribution >= 4 is 11.9 Å². The zero-order valence-corrected chi connectivity index (χ0v) is 50.5. The molecule has 75 heavy (non-hydrogen) atoms. The Labute approximate surface area is 468 Å². The van der Waals surface area contributed by atoms with E-state index in [2.05, 4.69) is 55.6 Å². The van der Waals surface area contributed by atoms with Crippen molar-refractivity contribution in [1.29, 1.82) is 0 Å². The number of ether oxygens (including phenoxy) is 1. The quantitative estimate of drug-likeness (QED) is 0.0244. The number of allylic oxidation sites excluding steroid dienone is 6. The van der Waals surface area contributed by atoms with Gasteiger partial charge in [-0.1, -0.05) is 307 Å². The molecule has 0 aliphatic carbocycles. The molecule has 0 saturated heterocycles. The molecule has 6 heteroatoms. The fourth-order valence-electron chi connectivity index (χ4n) is 10.5. The minimum atomic E-state index is -0.681. The molecule has 0 aromatic carbocycles. The number of amides is 1. The van der Waals surface area contributed by atoms with E-state index >= 15 is 0 Å². The predicted octanol–water partition coefficient (Wildman–Crippen LogP) is 21.5. The second kappa shape index (κ2) is 64.6. The second-order valence-corrected chi connectivity index (χ2v) is 23.2. The average Bonchev–Trinajstić information content (AvgIpc) is 3.41. The molecule has 0 spiro atoms. The molecule has 6 nitrogen and oxygen atoms in total. The molecule has 0 fully saturated rings. The molecule has 0 saturated carbocycles. The van der Waals surface area contributed by atoms with Crippen LogP contribution in [0.1, 0.15) is 367 Å². The molecule has 2 atom stereocenters. The van der Waals surface area contributed by atoms with Crippen LogP contribution in [0, 0.1) is 0 Å². The molecule has 2 unspecified atom stereocenters. The van der Waals surface area contributed by atoms with Gasteiger partial charge in [0.2, 0.25) is 5.91 Å². The molecular weight excluding hydrogens is 923 g/mol. The summed E-state index contributed by atoms with van der Waals surface area (Å²) in [6.07, 6.45) is 81.7. The Kier molecular flexibility index (Phi) is 63.0. The number of esters is 1. The molecule has 0 bridgehead atoms. The number of rotatable bonds is 63. The van der Waals surface area contributed by atoms with Gasteiger partial charge in [0.15, 0.2) is 0 Å². The van der Waals surface area contributed by atoms with E-state index in [9.17, 15) is 19.8 Å².